The van der Waals surface area contributed by atoms with E-state index in [0.717, 1.165) is 5.56 Å². The van der Waals surface area contributed by atoms with Crippen molar-refractivity contribution in [3.8, 4) is 5.75 Å². The number of rotatable bonds is 4. The first kappa shape index (κ1) is 22.2. The van der Waals surface area contributed by atoms with Crippen LogP contribution in [0.2, 0.25) is 10.0 Å². The number of carbonyl (C=O) groups excluding carboxylic acids is 2. The second-order valence-corrected chi connectivity index (χ2v) is 8.96. The molecule has 2 aromatic carbocycles. The van der Waals surface area contributed by atoms with E-state index in [0.29, 0.717) is 30.3 Å². The molecule has 1 aliphatic rings. The summed E-state index contributed by atoms with van der Waals surface area (Å²) in [5, 5.41) is 3.61. The van der Waals surface area contributed by atoms with Gasteiger partial charge in [0.05, 0.1) is 8.95 Å². The van der Waals surface area contributed by atoms with Crippen LogP contribution in [0.4, 0.5) is 0 Å². The number of ether oxygens (including phenoxy) is 1. The van der Waals surface area contributed by atoms with Crippen molar-refractivity contribution in [1.82, 2.24) is 10.2 Å². The molecule has 150 valence electrons. The fraction of sp³-hybridized carbons (Fsp3) is 0.105. The third kappa shape index (κ3) is 5.00. The summed E-state index contributed by atoms with van der Waals surface area (Å²) in [6, 6.07) is 8.66. The van der Waals surface area contributed by atoms with Crippen molar-refractivity contribution in [3.05, 3.63) is 66.0 Å². The maximum atomic E-state index is 12.3. The number of amides is 2. The Labute approximate surface area is 199 Å². The van der Waals surface area contributed by atoms with Gasteiger partial charge >= 0.3 is 0 Å². The Morgan fingerprint density at radius 3 is 2.45 bits per heavy atom. The van der Waals surface area contributed by atoms with Crippen molar-refractivity contribution >= 4 is 90.3 Å². The number of hydrogen-bond donors (Lipinski definition) is 1. The van der Waals surface area contributed by atoms with E-state index in [4.69, 9.17) is 40.2 Å². The summed E-state index contributed by atoms with van der Waals surface area (Å²) in [7, 11) is 1.50. The molecule has 0 aliphatic carbocycles. The third-order valence-electron chi connectivity index (χ3n) is 4.02. The largest absolute Gasteiger partial charge is 0.486 e. The standard InChI is InChI=1S/C19H12Br2Cl2N2O3S/c1-25-18(27)12(17(26)24-19(25)29)4-9-5-13(20)16(14(21)6-9)28-8-10-2-3-11(22)7-15(10)23/h2-7H,8H2,1H3,(H,24,26,29)/b12-4+. The molecular weight excluding hydrogens is 567 g/mol. The normalized spacial score (nSPS) is 15.7. The van der Waals surface area contributed by atoms with Crippen LogP contribution in [0.15, 0.2) is 44.9 Å². The van der Waals surface area contributed by atoms with Gasteiger partial charge in [-0.05, 0) is 80.0 Å². The zero-order chi connectivity index (χ0) is 21.3. The molecule has 0 bridgehead atoms. The molecule has 1 fully saturated rings. The van der Waals surface area contributed by atoms with Gasteiger partial charge in [0.15, 0.2) is 5.11 Å². The topological polar surface area (TPSA) is 58.6 Å². The van der Waals surface area contributed by atoms with Gasteiger partial charge in [0.2, 0.25) is 0 Å². The second-order valence-electron chi connectivity index (χ2n) is 6.02. The summed E-state index contributed by atoms with van der Waals surface area (Å²) in [4.78, 5) is 25.7. The highest BCUT2D eigenvalue weighted by Gasteiger charge is 2.30. The van der Waals surface area contributed by atoms with E-state index in [-0.39, 0.29) is 17.3 Å². The van der Waals surface area contributed by atoms with Gasteiger partial charge < -0.3 is 4.74 Å². The lowest BCUT2D eigenvalue weighted by molar-refractivity contribution is -0.128. The molecule has 2 aromatic rings. The highest BCUT2D eigenvalue weighted by atomic mass is 79.9. The predicted octanol–water partition coefficient (Wildman–Crippen LogP) is 5.35. The van der Waals surface area contributed by atoms with Crippen molar-refractivity contribution in [3.63, 3.8) is 0 Å². The van der Waals surface area contributed by atoms with Crippen molar-refractivity contribution in [2.24, 2.45) is 0 Å². The van der Waals surface area contributed by atoms with Crippen LogP contribution in [-0.4, -0.2) is 28.9 Å². The molecule has 0 radical (unpaired) electrons. The lowest BCUT2D eigenvalue weighted by Crippen LogP contribution is -2.52. The van der Waals surface area contributed by atoms with Gasteiger partial charge in [-0.15, -0.1) is 0 Å². The first-order valence-electron chi connectivity index (χ1n) is 8.08. The third-order valence-corrected chi connectivity index (χ3v) is 6.16. The van der Waals surface area contributed by atoms with E-state index in [1.54, 1.807) is 30.3 Å². The minimum atomic E-state index is -0.539. The molecule has 0 spiro atoms. The molecule has 3 rings (SSSR count). The first-order valence-corrected chi connectivity index (χ1v) is 10.8. The SMILES string of the molecule is CN1C(=O)/C(=C/c2cc(Br)c(OCc3ccc(Cl)cc3Cl)c(Br)c2)C(=O)NC1=S. The fourth-order valence-electron chi connectivity index (χ4n) is 2.50. The quantitative estimate of drug-likeness (QED) is 0.302. The number of benzene rings is 2. The second kappa shape index (κ2) is 9.14. The van der Waals surface area contributed by atoms with E-state index >= 15 is 0 Å². The van der Waals surface area contributed by atoms with Gasteiger partial charge in [-0.2, -0.15) is 0 Å². The van der Waals surface area contributed by atoms with E-state index in [9.17, 15) is 9.59 Å². The maximum absolute atomic E-state index is 12.3. The average Bonchev–Trinajstić information content (AvgIpc) is 2.64. The van der Waals surface area contributed by atoms with Crippen LogP contribution in [-0.2, 0) is 16.2 Å². The Bertz CT molecular complexity index is 1050. The number of thiocarbonyl (C=S) groups is 1. The van der Waals surface area contributed by atoms with Crippen LogP contribution >= 0.6 is 67.3 Å². The van der Waals surface area contributed by atoms with E-state index in [2.05, 4.69) is 37.2 Å². The Kier molecular flexibility index (Phi) is 7.01. The van der Waals surface area contributed by atoms with E-state index in [1.165, 1.54) is 18.0 Å². The Morgan fingerprint density at radius 2 is 1.83 bits per heavy atom. The number of nitrogens with zero attached hydrogens (tertiary/aromatic N) is 1. The maximum Gasteiger partial charge on any atom is 0.265 e. The van der Waals surface area contributed by atoms with Crippen LogP contribution in [0.25, 0.3) is 6.08 Å². The lowest BCUT2D eigenvalue weighted by atomic mass is 10.1. The molecule has 1 saturated heterocycles. The van der Waals surface area contributed by atoms with Gasteiger partial charge in [0, 0.05) is 22.7 Å². The molecule has 0 aromatic heterocycles. The summed E-state index contributed by atoms with van der Waals surface area (Å²) in [6.45, 7) is 0.233. The van der Waals surface area contributed by atoms with Crippen LogP contribution < -0.4 is 10.1 Å². The number of halogens is 4. The number of nitrogens with one attached hydrogen (secondary N) is 1. The Balaban J connectivity index is 1.85. The number of hydrogen-bond acceptors (Lipinski definition) is 4. The summed E-state index contributed by atoms with van der Waals surface area (Å²) >= 11 is 24.0. The van der Waals surface area contributed by atoms with Gasteiger partial charge in [-0.25, -0.2) is 0 Å². The van der Waals surface area contributed by atoms with Crippen LogP contribution in [0.5, 0.6) is 5.75 Å². The molecule has 2 amide bonds. The van der Waals surface area contributed by atoms with Crippen LogP contribution in [0.1, 0.15) is 11.1 Å². The lowest BCUT2D eigenvalue weighted by Gasteiger charge is -2.25. The van der Waals surface area contributed by atoms with Crippen LogP contribution in [0, 0.1) is 0 Å². The van der Waals surface area contributed by atoms with Crippen molar-refractivity contribution in [1.29, 1.82) is 0 Å². The monoisotopic (exact) mass is 576 g/mol. The minimum Gasteiger partial charge on any atom is -0.486 e. The molecule has 1 heterocycles. The van der Waals surface area contributed by atoms with Crippen molar-refractivity contribution in [2.75, 3.05) is 7.05 Å². The molecule has 29 heavy (non-hydrogen) atoms. The van der Waals surface area contributed by atoms with E-state index in [1.807, 2.05) is 0 Å². The summed E-state index contributed by atoms with van der Waals surface area (Å²) in [5.41, 5.74) is 1.39. The molecule has 1 N–H and O–H groups in total. The average molecular weight is 579 g/mol. The van der Waals surface area contributed by atoms with Gasteiger partial charge in [0.25, 0.3) is 11.8 Å². The smallest absolute Gasteiger partial charge is 0.265 e. The van der Waals surface area contributed by atoms with Gasteiger partial charge in [0.1, 0.15) is 17.9 Å². The van der Waals surface area contributed by atoms with Gasteiger partial charge in [-0.3, -0.25) is 19.8 Å². The molecule has 0 atom stereocenters. The first-order chi connectivity index (χ1) is 13.7. The minimum absolute atomic E-state index is 0.0125. The zero-order valence-corrected chi connectivity index (χ0v) is 20.3. The molecule has 0 saturated carbocycles. The van der Waals surface area contributed by atoms with Crippen LogP contribution in [0.3, 0.4) is 0 Å². The Hall–Kier alpha value is -1.45. The van der Waals surface area contributed by atoms with Crippen molar-refractivity contribution in [2.45, 2.75) is 6.61 Å². The number of likely N-dealkylation sites (N-methyl/N-ethyl adjacent to an activating group) is 1. The van der Waals surface area contributed by atoms with Crippen molar-refractivity contribution < 1.29 is 14.3 Å². The molecule has 10 heteroatoms. The highest BCUT2D eigenvalue weighted by molar-refractivity contribution is 9.11. The highest BCUT2D eigenvalue weighted by Crippen LogP contribution is 2.36. The summed E-state index contributed by atoms with van der Waals surface area (Å²) in [6.07, 6.45) is 1.49. The van der Waals surface area contributed by atoms with Gasteiger partial charge in [-0.1, -0.05) is 29.3 Å². The summed E-state index contributed by atoms with van der Waals surface area (Å²) < 4.78 is 7.15. The predicted molar refractivity (Wildman–Crippen MR) is 124 cm³/mol. The van der Waals surface area contributed by atoms with E-state index < -0.39 is 11.8 Å². The molecular formula is C19H12Br2Cl2N2O3S. The fourth-order valence-corrected chi connectivity index (χ4v) is 4.59. The molecule has 1 aliphatic heterocycles. The zero-order valence-electron chi connectivity index (χ0n) is 14.8. The Morgan fingerprint density at radius 1 is 1.17 bits per heavy atom. The number of carbonyl (C=O) groups is 2. The molecule has 5 nitrogen and oxygen atoms in total. The summed E-state index contributed by atoms with van der Waals surface area (Å²) in [5.74, 6) is -0.456. The molecule has 0 unspecified atom stereocenters.